The minimum Gasteiger partial charge on any atom is -0.495 e. The van der Waals surface area contributed by atoms with Crippen LogP contribution in [0.3, 0.4) is 0 Å². The number of amides is 1. The smallest absolute Gasteiger partial charge is 0.259 e. The van der Waals surface area contributed by atoms with Gasteiger partial charge in [0.2, 0.25) is 0 Å². The maximum absolute atomic E-state index is 12.5. The van der Waals surface area contributed by atoms with Crippen molar-refractivity contribution in [2.75, 3.05) is 19.0 Å². The summed E-state index contributed by atoms with van der Waals surface area (Å²) in [4.78, 5) is 12.5. The Kier molecular flexibility index (Phi) is 6.29. The highest BCUT2D eigenvalue weighted by atomic mass is 35.5. The first-order chi connectivity index (χ1) is 11.2. The first-order valence-electron chi connectivity index (χ1n) is 7.52. The number of para-hydroxylation sites is 1. The molecule has 4 nitrogen and oxygen atoms in total. The van der Waals surface area contributed by atoms with Gasteiger partial charge in [0.25, 0.3) is 5.91 Å². The van der Waals surface area contributed by atoms with Gasteiger partial charge in [0, 0.05) is 5.69 Å². The number of carbonyl (C=O) groups excluding carboxylic acids is 1. The summed E-state index contributed by atoms with van der Waals surface area (Å²) in [6, 6.07) is 12.3. The summed E-state index contributed by atoms with van der Waals surface area (Å²) in [5.74, 6) is 0.907. The van der Waals surface area contributed by atoms with Gasteiger partial charge in [0.1, 0.15) is 11.5 Å². The molecule has 0 saturated carbocycles. The molecule has 1 amide bonds. The molecule has 0 unspecified atom stereocenters. The van der Waals surface area contributed by atoms with Crippen molar-refractivity contribution in [2.24, 2.45) is 0 Å². The summed E-state index contributed by atoms with van der Waals surface area (Å²) in [6.07, 6.45) is 1.99. The van der Waals surface area contributed by atoms with Crippen LogP contribution in [0, 0.1) is 0 Å². The molecule has 0 radical (unpaired) electrons. The normalized spacial score (nSPS) is 10.2. The Morgan fingerprint density at radius 1 is 1.17 bits per heavy atom. The molecule has 0 aliphatic heterocycles. The van der Waals surface area contributed by atoms with E-state index in [2.05, 4.69) is 12.2 Å². The molecule has 0 atom stereocenters. The van der Waals surface area contributed by atoms with Gasteiger partial charge in [-0.05, 0) is 36.8 Å². The summed E-state index contributed by atoms with van der Waals surface area (Å²) in [5, 5.41) is 3.26. The third-order valence-corrected chi connectivity index (χ3v) is 3.59. The summed E-state index contributed by atoms with van der Waals surface area (Å²) in [5.41, 5.74) is 1.10. The monoisotopic (exact) mass is 333 g/mol. The van der Waals surface area contributed by atoms with Crippen molar-refractivity contribution in [3.8, 4) is 11.5 Å². The maximum Gasteiger partial charge on any atom is 0.259 e. The number of anilines is 1. The molecule has 0 aliphatic rings. The SMILES string of the molecule is CCCCOc1ccccc1C(=O)Nc1ccc(OC)c(Cl)c1. The van der Waals surface area contributed by atoms with Gasteiger partial charge in [-0.3, -0.25) is 4.79 Å². The molecule has 0 saturated heterocycles. The van der Waals surface area contributed by atoms with Crippen molar-refractivity contribution in [3.63, 3.8) is 0 Å². The number of hydrogen-bond acceptors (Lipinski definition) is 3. The molecule has 0 heterocycles. The van der Waals surface area contributed by atoms with Gasteiger partial charge < -0.3 is 14.8 Å². The van der Waals surface area contributed by atoms with Crippen molar-refractivity contribution < 1.29 is 14.3 Å². The van der Waals surface area contributed by atoms with E-state index < -0.39 is 0 Å². The molecule has 23 heavy (non-hydrogen) atoms. The second kappa shape index (κ2) is 8.44. The predicted octanol–water partition coefficient (Wildman–Crippen LogP) is 4.78. The first-order valence-corrected chi connectivity index (χ1v) is 7.90. The van der Waals surface area contributed by atoms with E-state index in [1.54, 1.807) is 37.4 Å². The lowest BCUT2D eigenvalue weighted by atomic mass is 10.2. The molecular weight excluding hydrogens is 314 g/mol. The Hall–Kier alpha value is -2.20. The average molecular weight is 334 g/mol. The van der Waals surface area contributed by atoms with Crippen molar-refractivity contribution in [1.82, 2.24) is 0 Å². The quantitative estimate of drug-likeness (QED) is 0.742. The number of methoxy groups -OCH3 is 1. The second-order valence-electron chi connectivity index (χ2n) is 5.00. The number of halogens is 1. The molecule has 0 bridgehead atoms. The topological polar surface area (TPSA) is 47.6 Å². The number of carbonyl (C=O) groups is 1. The highest BCUT2D eigenvalue weighted by Gasteiger charge is 2.13. The second-order valence-corrected chi connectivity index (χ2v) is 5.41. The van der Waals surface area contributed by atoms with Crippen LogP contribution in [-0.4, -0.2) is 19.6 Å². The third-order valence-electron chi connectivity index (χ3n) is 3.30. The summed E-state index contributed by atoms with van der Waals surface area (Å²) < 4.78 is 10.8. The fourth-order valence-corrected chi connectivity index (χ4v) is 2.31. The number of unbranched alkanes of at least 4 members (excludes halogenated alkanes) is 1. The number of rotatable bonds is 7. The van der Waals surface area contributed by atoms with Crippen LogP contribution < -0.4 is 14.8 Å². The molecule has 0 aliphatic carbocycles. The summed E-state index contributed by atoms with van der Waals surface area (Å²) in [7, 11) is 1.54. The van der Waals surface area contributed by atoms with E-state index in [9.17, 15) is 4.79 Å². The highest BCUT2D eigenvalue weighted by Crippen LogP contribution is 2.28. The standard InChI is InChI=1S/C18H20ClNO3/c1-3-4-11-23-16-8-6-5-7-14(16)18(21)20-13-9-10-17(22-2)15(19)12-13/h5-10,12H,3-4,11H2,1-2H3,(H,20,21). The zero-order valence-electron chi connectivity index (χ0n) is 13.3. The minimum absolute atomic E-state index is 0.238. The average Bonchev–Trinajstić information content (AvgIpc) is 2.55. The van der Waals surface area contributed by atoms with Crippen LogP contribution in [0.4, 0.5) is 5.69 Å². The van der Waals surface area contributed by atoms with Crippen LogP contribution in [-0.2, 0) is 0 Å². The van der Waals surface area contributed by atoms with E-state index in [0.29, 0.717) is 34.4 Å². The Balaban J connectivity index is 2.13. The Bertz CT molecular complexity index is 673. The predicted molar refractivity (Wildman–Crippen MR) is 92.8 cm³/mol. The molecule has 5 heteroatoms. The van der Waals surface area contributed by atoms with Gasteiger partial charge in [-0.2, -0.15) is 0 Å². The van der Waals surface area contributed by atoms with E-state index in [4.69, 9.17) is 21.1 Å². The molecule has 0 fully saturated rings. The van der Waals surface area contributed by atoms with E-state index >= 15 is 0 Å². The number of benzene rings is 2. The Morgan fingerprint density at radius 3 is 2.65 bits per heavy atom. The number of nitrogens with one attached hydrogen (secondary N) is 1. The van der Waals surface area contributed by atoms with E-state index in [1.165, 1.54) is 0 Å². The minimum atomic E-state index is -0.238. The first kappa shape index (κ1) is 17.2. The lowest BCUT2D eigenvalue weighted by Crippen LogP contribution is -2.14. The molecule has 122 valence electrons. The van der Waals surface area contributed by atoms with Crippen molar-refractivity contribution in [2.45, 2.75) is 19.8 Å². The van der Waals surface area contributed by atoms with Crippen LogP contribution in [0.2, 0.25) is 5.02 Å². The Morgan fingerprint density at radius 2 is 1.96 bits per heavy atom. The molecule has 2 aromatic rings. The van der Waals surface area contributed by atoms with Crippen LogP contribution in [0.25, 0.3) is 0 Å². The van der Waals surface area contributed by atoms with Gasteiger partial charge in [0.15, 0.2) is 0 Å². The molecule has 2 aromatic carbocycles. The van der Waals surface area contributed by atoms with E-state index in [1.807, 2.05) is 12.1 Å². The number of ether oxygens (including phenoxy) is 2. The summed E-state index contributed by atoms with van der Waals surface area (Å²) in [6.45, 7) is 2.69. The van der Waals surface area contributed by atoms with Gasteiger partial charge in [-0.1, -0.05) is 37.1 Å². The maximum atomic E-state index is 12.5. The molecule has 0 spiro atoms. The number of hydrogen-bond donors (Lipinski definition) is 1. The van der Waals surface area contributed by atoms with Crippen LogP contribution >= 0.6 is 11.6 Å². The van der Waals surface area contributed by atoms with E-state index in [-0.39, 0.29) is 5.91 Å². The molecule has 0 aromatic heterocycles. The molecule has 1 N–H and O–H groups in total. The van der Waals surface area contributed by atoms with Gasteiger partial charge in [-0.15, -0.1) is 0 Å². The largest absolute Gasteiger partial charge is 0.495 e. The molecular formula is C18H20ClNO3. The summed E-state index contributed by atoms with van der Waals surface area (Å²) >= 11 is 6.07. The van der Waals surface area contributed by atoms with Crippen LogP contribution in [0.15, 0.2) is 42.5 Å². The Labute approximate surface area is 141 Å². The van der Waals surface area contributed by atoms with Gasteiger partial charge in [0.05, 0.1) is 24.3 Å². The fraction of sp³-hybridized carbons (Fsp3) is 0.278. The van der Waals surface area contributed by atoms with E-state index in [0.717, 1.165) is 12.8 Å². The molecule has 2 rings (SSSR count). The van der Waals surface area contributed by atoms with Crippen LogP contribution in [0.1, 0.15) is 30.1 Å². The fourth-order valence-electron chi connectivity index (χ4n) is 2.05. The van der Waals surface area contributed by atoms with Crippen molar-refractivity contribution >= 4 is 23.2 Å². The van der Waals surface area contributed by atoms with Gasteiger partial charge in [-0.25, -0.2) is 0 Å². The van der Waals surface area contributed by atoms with Crippen molar-refractivity contribution in [1.29, 1.82) is 0 Å². The van der Waals surface area contributed by atoms with Gasteiger partial charge >= 0.3 is 0 Å². The zero-order valence-corrected chi connectivity index (χ0v) is 14.0. The lowest BCUT2D eigenvalue weighted by Gasteiger charge is -2.12. The zero-order chi connectivity index (χ0) is 16.7. The lowest BCUT2D eigenvalue weighted by molar-refractivity contribution is 0.102. The van der Waals surface area contributed by atoms with Crippen LogP contribution in [0.5, 0.6) is 11.5 Å². The van der Waals surface area contributed by atoms with Crippen molar-refractivity contribution in [3.05, 3.63) is 53.1 Å². The highest BCUT2D eigenvalue weighted by molar-refractivity contribution is 6.32. The third kappa shape index (κ3) is 4.63.